The molecule has 0 saturated heterocycles. The van der Waals surface area contributed by atoms with Crippen molar-refractivity contribution in [3.8, 4) is 0 Å². The molecule has 0 amide bonds. The highest BCUT2D eigenvalue weighted by molar-refractivity contribution is 5.99. The lowest BCUT2D eigenvalue weighted by Gasteiger charge is -2.06. The van der Waals surface area contributed by atoms with Crippen molar-refractivity contribution in [2.45, 2.75) is 27.2 Å². The van der Waals surface area contributed by atoms with E-state index in [0.29, 0.717) is 5.92 Å². The molecule has 92 valence electrons. The van der Waals surface area contributed by atoms with E-state index in [-0.39, 0.29) is 5.96 Å². The van der Waals surface area contributed by atoms with Gasteiger partial charge in [-0.3, -0.25) is 0 Å². The van der Waals surface area contributed by atoms with Crippen molar-refractivity contribution < 1.29 is 0 Å². The molecular formula is C13H20N4. The Labute approximate surface area is 102 Å². The van der Waals surface area contributed by atoms with Crippen LogP contribution in [0.4, 0.5) is 0 Å². The van der Waals surface area contributed by atoms with Gasteiger partial charge in [-0.05, 0) is 36.5 Å². The lowest BCUT2D eigenvalue weighted by Crippen LogP contribution is -2.22. The molecule has 1 rings (SSSR count). The molecule has 0 spiro atoms. The molecule has 0 saturated carbocycles. The maximum atomic E-state index is 5.24. The third kappa shape index (κ3) is 4.68. The molecule has 0 aliphatic heterocycles. The zero-order valence-electron chi connectivity index (χ0n) is 10.6. The number of nitrogens with zero attached hydrogens (tertiary/aromatic N) is 2. The van der Waals surface area contributed by atoms with Crippen molar-refractivity contribution in [2.24, 2.45) is 27.6 Å². The number of hydrogen-bond acceptors (Lipinski definition) is 2. The molecule has 0 heterocycles. The highest BCUT2D eigenvalue weighted by Gasteiger charge is 2.01. The van der Waals surface area contributed by atoms with E-state index >= 15 is 0 Å². The first kappa shape index (κ1) is 13.2. The largest absolute Gasteiger partial charge is 0.369 e. The van der Waals surface area contributed by atoms with Crippen LogP contribution in [0.15, 0.2) is 34.5 Å². The van der Waals surface area contributed by atoms with Crippen LogP contribution < -0.4 is 11.5 Å². The first-order valence-electron chi connectivity index (χ1n) is 5.71. The standard InChI is InChI=1S/C13H20N4/c1-9(2)7-11-5-4-6-12(8-11)10(3)16-17-13(14)15/h4-6,8-9H,7H2,1-3H3,(H4,14,15,17). The maximum absolute atomic E-state index is 5.24. The molecule has 0 unspecified atom stereocenters. The van der Waals surface area contributed by atoms with Gasteiger partial charge in [-0.25, -0.2) is 0 Å². The fraction of sp³-hybridized carbons (Fsp3) is 0.385. The van der Waals surface area contributed by atoms with Crippen molar-refractivity contribution in [1.29, 1.82) is 0 Å². The molecule has 4 heteroatoms. The molecule has 17 heavy (non-hydrogen) atoms. The van der Waals surface area contributed by atoms with E-state index < -0.39 is 0 Å². The molecule has 0 aliphatic carbocycles. The van der Waals surface area contributed by atoms with E-state index in [1.807, 2.05) is 19.1 Å². The summed E-state index contributed by atoms with van der Waals surface area (Å²) in [7, 11) is 0. The Morgan fingerprint density at radius 1 is 1.24 bits per heavy atom. The van der Waals surface area contributed by atoms with Crippen molar-refractivity contribution in [3.63, 3.8) is 0 Å². The van der Waals surface area contributed by atoms with Crippen LogP contribution in [-0.2, 0) is 6.42 Å². The van der Waals surface area contributed by atoms with Crippen molar-refractivity contribution in [3.05, 3.63) is 35.4 Å². The minimum absolute atomic E-state index is 0.0253. The molecule has 1 aromatic rings. The highest BCUT2D eigenvalue weighted by atomic mass is 15.3. The van der Waals surface area contributed by atoms with Gasteiger partial charge in [0.25, 0.3) is 0 Å². The van der Waals surface area contributed by atoms with Gasteiger partial charge in [0.05, 0.1) is 5.71 Å². The van der Waals surface area contributed by atoms with Gasteiger partial charge < -0.3 is 11.5 Å². The number of rotatable bonds is 4. The fourth-order valence-corrected chi connectivity index (χ4v) is 1.59. The molecule has 0 radical (unpaired) electrons. The Morgan fingerprint density at radius 2 is 1.94 bits per heavy atom. The van der Waals surface area contributed by atoms with Crippen LogP contribution in [0.5, 0.6) is 0 Å². The van der Waals surface area contributed by atoms with Crippen molar-refractivity contribution in [1.82, 2.24) is 0 Å². The summed E-state index contributed by atoms with van der Waals surface area (Å²) in [6, 6.07) is 8.28. The van der Waals surface area contributed by atoms with E-state index in [0.717, 1.165) is 17.7 Å². The second-order valence-corrected chi connectivity index (χ2v) is 4.51. The van der Waals surface area contributed by atoms with Gasteiger partial charge in [0.2, 0.25) is 5.96 Å². The van der Waals surface area contributed by atoms with E-state index in [1.54, 1.807) is 0 Å². The minimum Gasteiger partial charge on any atom is -0.369 e. The SMILES string of the molecule is CC(=NN=C(N)N)c1cccc(CC(C)C)c1. The smallest absolute Gasteiger partial charge is 0.211 e. The Kier molecular flexibility index (Phi) is 4.69. The summed E-state index contributed by atoms with van der Waals surface area (Å²) in [6.07, 6.45) is 1.06. The van der Waals surface area contributed by atoms with Crippen molar-refractivity contribution in [2.75, 3.05) is 0 Å². The predicted molar refractivity (Wildman–Crippen MR) is 73.0 cm³/mol. The average Bonchev–Trinajstić information content (AvgIpc) is 2.25. The van der Waals surface area contributed by atoms with E-state index in [1.165, 1.54) is 5.56 Å². The summed E-state index contributed by atoms with van der Waals surface area (Å²) in [5.41, 5.74) is 13.6. The van der Waals surface area contributed by atoms with Gasteiger partial charge in [0, 0.05) is 0 Å². The first-order chi connectivity index (χ1) is 7.99. The Bertz CT molecular complexity index is 429. The quantitative estimate of drug-likeness (QED) is 0.472. The average molecular weight is 232 g/mol. The summed E-state index contributed by atoms with van der Waals surface area (Å²) >= 11 is 0. The molecule has 0 fully saturated rings. The number of benzene rings is 1. The van der Waals surface area contributed by atoms with Gasteiger partial charge in [-0.15, -0.1) is 5.10 Å². The second-order valence-electron chi connectivity index (χ2n) is 4.51. The number of hydrogen-bond donors (Lipinski definition) is 2. The van der Waals surface area contributed by atoms with Crippen LogP contribution in [0.25, 0.3) is 0 Å². The van der Waals surface area contributed by atoms with Crippen LogP contribution in [-0.4, -0.2) is 11.7 Å². The number of guanidine groups is 1. The normalized spacial score (nSPS) is 11.6. The molecule has 0 atom stereocenters. The van der Waals surface area contributed by atoms with Crippen molar-refractivity contribution >= 4 is 11.7 Å². The molecule has 1 aromatic carbocycles. The minimum atomic E-state index is -0.0253. The summed E-state index contributed by atoms with van der Waals surface area (Å²) < 4.78 is 0. The van der Waals surface area contributed by atoms with Crippen LogP contribution in [0.2, 0.25) is 0 Å². The van der Waals surface area contributed by atoms with Gasteiger partial charge in [0.1, 0.15) is 0 Å². The molecule has 4 N–H and O–H groups in total. The van der Waals surface area contributed by atoms with Crippen LogP contribution in [0.3, 0.4) is 0 Å². The lowest BCUT2D eigenvalue weighted by atomic mass is 10.00. The Balaban J connectivity index is 2.91. The zero-order chi connectivity index (χ0) is 12.8. The summed E-state index contributed by atoms with van der Waals surface area (Å²) in [5, 5.41) is 7.62. The van der Waals surface area contributed by atoms with Gasteiger partial charge in [0.15, 0.2) is 0 Å². The van der Waals surface area contributed by atoms with Crippen LogP contribution in [0.1, 0.15) is 31.9 Å². The fourth-order valence-electron chi connectivity index (χ4n) is 1.59. The van der Waals surface area contributed by atoms with Crippen LogP contribution in [0, 0.1) is 5.92 Å². The van der Waals surface area contributed by atoms with E-state index in [9.17, 15) is 0 Å². The molecule has 0 aliphatic rings. The highest BCUT2D eigenvalue weighted by Crippen LogP contribution is 2.11. The predicted octanol–water partition coefficient (Wildman–Crippen LogP) is 1.88. The Hall–Kier alpha value is -1.84. The van der Waals surface area contributed by atoms with E-state index in [2.05, 4.69) is 36.2 Å². The maximum Gasteiger partial charge on any atom is 0.211 e. The summed E-state index contributed by atoms with van der Waals surface area (Å²) in [6.45, 7) is 6.29. The van der Waals surface area contributed by atoms with Crippen LogP contribution >= 0.6 is 0 Å². The zero-order valence-corrected chi connectivity index (χ0v) is 10.6. The Morgan fingerprint density at radius 3 is 2.53 bits per heavy atom. The third-order valence-electron chi connectivity index (χ3n) is 2.30. The lowest BCUT2D eigenvalue weighted by molar-refractivity contribution is 0.647. The van der Waals surface area contributed by atoms with E-state index in [4.69, 9.17) is 11.5 Å². The van der Waals surface area contributed by atoms with Gasteiger partial charge in [-0.1, -0.05) is 32.0 Å². The summed E-state index contributed by atoms with van der Waals surface area (Å²) in [4.78, 5) is 0. The second kappa shape index (κ2) is 6.03. The molecule has 0 bridgehead atoms. The molecule has 4 nitrogen and oxygen atoms in total. The first-order valence-corrected chi connectivity index (χ1v) is 5.71. The monoisotopic (exact) mass is 232 g/mol. The summed E-state index contributed by atoms with van der Waals surface area (Å²) in [5.74, 6) is 0.614. The van der Waals surface area contributed by atoms with Gasteiger partial charge in [-0.2, -0.15) is 5.10 Å². The molecule has 0 aromatic heterocycles. The topological polar surface area (TPSA) is 76.8 Å². The number of nitrogens with two attached hydrogens (primary N) is 2. The molecular weight excluding hydrogens is 212 g/mol. The van der Waals surface area contributed by atoms with Gasteiger partial charge >= 0.3 is 0 Å². The third-order valence-corrected chi connectivity index (χ3v) is 2.30.